The zero-order chi connectivity index (χ0) is 11.1. The van der Waals surface area contributed by atoms with Gasteiger partial charge >= 0.3 is 0 Å². The van der Waals surface area contributed by atoms with E-state index >= 15 is 0 Å². The lowest BCUT2D eigenvalue weighted by atomic mass is 10.0. The molecule has 3 N–H and O–H groups in total. The number of nitrogen functional groups attached to an aromatic ring is 1. The molecule has 0 bridgehead atoms. The molecule has 0 saturated carbocycles. The van der Waals surface area contributed by atoms with Crippen molar-refractivity contribution >= 4 is 11.9 Å². The van der Waals surface area contributed by atoms with E-state index in [1.807, 2.05) is 6.20 Å². The Morgan fingerprint density at radius 1 is 1.33 bits per heavy atom. The van der Waals surface area contributed by atoms with Crippen LogP contribution in [0, 0.1) is 5.41 Å². The summed E-state index contributed by atoms with van der Waals surface area (Å²) in [4.78, 5) is 4.08. The van der Waals surface area contributed by atoms with Crippen LogP contribution in [0.25, 0.3) is 0 Å². The van der Waals surface area contributed by atoms with E-state index in [0.29, 0.717) is 0 Å². The zero-order valence-electron chi connectivity index (χ0n) is 9.29. The molecule has 0 aromatic carbocycles. The van der Waals surface area contributed by atoms with Gasteiger partial charge in [0.25, 0.3) is 0 Å². The van der Waals surface area contributed by atoms with E-state index in [2.05, 4.69) is 11.9 Å². The molecule has 0 aliphatic carbocycles. The molecule has 0 atom stereocenters. The van der Waals surface area contributed by atoms with Crippen molar-refractivity contribution in [2.75, 3.05) is 5.73 Å². The molecule has 15 heavy (non-hydrogen) atoms. The van der Waals surface area contributed by atoms with Gasteiger partial charge in [0.1, 0.15) is 0 Å². The molecule has 1 aromatic heterocycles. The topological polar surface area (TPSA) is 62.8 Å². The van der Waals surface area contributed by atoms with E-state index in [9.17, 15) is 0 Å². The number of aryl methyl sites for hydroxylation is 1. The molecular weight excluding hydrogens is 186 g/mol. The number of nitrogens with one attached hydrogen (secondary N) is 1. The van der Waals surface area contributed by atoms with Gasteiger partial charge in [-0.05, 0) is 18.4 Å². The third kappa shape index (κ3) is 3.35. The van der Waals surface area contributed by atoms with Crippen LogP contribution in [-0.2, 0) is 6.42 Å². The minimum Gasteiger partial charge on any atom is -0.398 e. The maximum atomic E-state index is 7.18. The van der Waals surface area contributed by atoms with Gasteiger partial charge in [0.05, 0.1) is 0 Å². The highest BCUT2D eigenvalue weighted by molar-refractivity contribution is 5.85. The van der Waals surface area contributed by atoms with E-state index in [4.69, 9.17) is 11.1 Å². The van der Waals surface area contributed by atoms with Crippen molar-refractivity contribution in [2.45, 2.75) is 39.0 Å². The Kier molecular flexibility index (Phi) is 4.81. The number of hydrogen-bond donors (Lipinski definition) is 2. The van der Waals surface area contributed by atoms with Crippen LogP contribution in [0.2, 0.25) is 0 Å². The molecule has 3 nitrogen and oxygen atoms in total. The minimum atomic E-state index is 0.719. The molecule has 3 heteroatoms. The van der Waals surface area contributed by atoms with Crippen molar-refractivity contribution < 1.29 is 0 Å². The number of hydrogen-bond acceptors (Lipinski definition) is 3. The summed E-state index contributed by atoms with van der Waals surface area (Å²) in [6.45, 7) is 2.20. The van der Waals surface area contributed by atoms with Crippen molar-refractivity contribution in [3.63, 3.8) is 0 Å². The standard InChI is InChI=1S/C12H19N3/c1-2-3-4-5-6-10-8-15-9-11(7-13)12(10)14/h7-9,13H,2-6H2,1H3,(H2,14,15). The van der Waals surface area contributed by atoms with Gasteiger partial charge in [0.2, 0.25) is 0 Å². The Labute approximate surface area is 91.2 Å². The molecule has 1 heterocycles. The molecule has 0 aliphatic heterocycles. The lowest BCUT2D eigenvalue weighted by Crippen LogP contribution is -2.00. The van der Waals surface area contributed by atoms with Crippen molar-refractivity contribution in [2.24, 2.45) is 0 Å². The highest BCUT2D eigenvalue weighted by Crippen LogP contribution is 2.17. The van der Waals surface area contributed by atoms with Gasteiger partial charge in [0.15, 0.2) is 0 Å². The second-order valence-corrected chi connectivity index (χ2v) is 3.76. The summed E-state index contributed by atoms with van der Waals surface area (Å²) in [5.41, 5.74) is 8.44. The Balaban J connectivity index is 2.57. The molecule has 0 radical (unpaired) electrons. The minimum absolute atomic E-state index is 0.719. The third-order valence-corrected chi connectivity index (χ3v) is 2.56. The predicted molar refractivity (Wildman–Crippen MR) is 64.4 cm³/mol. The lowest BCUT2D eigenvalue weighted by molar-refractivity contribution is 0.666. The number of nitrogens with zero attached hydrogens (tertiary/aromatic N) is 1. The van der Waals surface area contributed by atoms with Gasteiger partial charge in [-0.3, -0.25) is 4.98 Å². The maximum Gasteiger partial charge on any atom is 0.0466 e. The largest absolute Gasteiger partial charge is 0.398 e. The fourth-order valence-electron chi connectivity index (χ4n) is 1.59. The number of anilines is 1. The number of pyridine rings is 1. The molecule has 0 spiro atoms. The predicted octanol–water partition coefficient (Wildman–Crippen LogP) is 2.78. The Bertz CT molecular complexity index is 321. The van der Waals surface area contributed by atoms with Crippen LogP contribution in [0.1, 0.15) is 43.7 Å². The molecule has 0 saturated heterocycles. The summed E-state index contributed by atoms with van der Waals surface area (Å²) in [5.74, 6) is 0. The molecule has 0 fully saturated rings. The smallest absolute Gasteiger partial charge is 0.0466 e. The molecule has 82 valence electrons. The molecular formula is C12H19N3. The average molecular weight is 205 g/mol. The first kappa shape index (κ1) is 11.7. The second-order valence-electron chi connectivity index (χ2n) is 3.76. The van der Waals surface area contributed by atoms with Gasteiger partial charge in [-0.1, -0.05) is 26.2 Å². The molecule has 0 amide bonds. The van der Waals surface area contributed by atoms with E-state index in [1.165, 1.54) is 25.5 Å². The Hall–Kier alpha value is -1.38. The number of nitrogens with two attached hydrogens (primary N) is 1. The fraction of sp³-hybridized carbons (Fsp3) is 0.500. The Morgan fingerprint density at radius 3 is 2.80 bits per heavy atom. The van der Waals surface area contributed by atoms with Crippen molar-refractivity contribution in [3.8, 4) is 0 Å². The zero-order valence-corrected chi connectivity index (χ0v) is 9.29. The van der Waals surface area contributed by atoms with E-state index in [-0.39, 0.29) is 0 Å². The normalized spacial score (nSPS) is 10.2. The molecule has 1 aromatic rings. The van der Waals surface area contributed by atoms with Gasteiger partial charge in [-0.15, -0.1) is 0 Å². The third-order valence-electron chi connectivity index (χ3n) is 2.56. The van der Waals surface area contributed by atoms with Crippen LogP contribution in [0.3, 0.4) is 0 Å². The van der Waals surface area contributed by atoms with Crippen LogP contribution in [-0.4, -0.2) is 11.2 Å². The average Bonchev–Trinajstić information content (AvgIpc) is 2.26. The number of unbranched alkanes of at least 4 members (excludes halogenated alkanes) is 3. The number of aromatic nitrogens is 1. The number of rotatable bonds is 6. The first-order valence-corrected chi connectivity index (χ1v) is 5.52. The van der Waals surface area contributed by atoms with Gasteiger partial charge in [0, 0.05) is 29.9 Å². The summed E-state index contributed by atoms with van der Waals surface area (Å²) in [6, 6.07) is 0. The van der Waals surface area contributed by atoms with E-state index < -0.39 is 0 Å². The second kappa shape index (κ2) is 6.17. The van der Waals surface area contributed by atoms with Crippen LogP contribution >= 0.6 is 0 Å². The van der Waals surface area contributed by atoms with Gasteiger partial charge in [-0.2, -0.15) is 0 Å². The van der Waals surface area contributed by atoms with E-state index in [0.717, 1.165) is 29.7 Å². The highest BCUT2D eigenvalue weighted by Gasteiger charge is 2.03. The molecule has 0 aliphatic rings. The van der Waals surface area contributed by atoms with Gasteiger partial charge < -0.3 is 11.1 Å². The summed E-state index contributed by atoms with van der Waals surface area (Å²) < 4.78 is 0. The lowest BCUT2D eigenvalue weighted by Gasteiger charge is -2.06. The highest BCUT2D eigenvalue weighted by atomic mass is 14.7. The summed E-state index contributed by atoms with van der Waals surface area (Å²) in [7, 11) is 0. The first-order chi connectivity index (χ1) is 7.29. The van der Waals surface area contributed by atoms with Crippen molar-refractivity contribution in [1.29, 1.82) is 5.41 Å². The van der Waals surface area contributed by atoms with Crippen LogP contribution in [0.4, 0.5) is 5.69 Å². The van der Waals surface area contributed by atoms with Crippen molar-refractivity contribution in [3.05, 3.63) is 23.5 Å². The van der Waals surface area contributed by atoms with Crippen LogP contribution < -0.4 is 5.73 Å². The fourth-order valence-corrected chi connectivity index (χ4v) is 1.59. The van der Waals surface area contributed by atoms with E-state index in [1.54, 1.807) is 6.20 Å². The maximum absolute atomic E-state index is 7.18. The summed E-state index contributed by atoms with van der Waals surface area (Å²) >= 11 is 0. The first-order valence-electron chi connectivity index (χ1n) is 5.52. The monoisotopic (exact) mass is 205 g/mol. The SMILES string of the molecule is CCCCCCc1cncc(C=N)c1N. The van der Waals surface area contributed by atoms with Crippen LogP contribution in [0.5, 0.6) is 0 Å². The Morgan fingerprint density at radius 2 is 2.13 bits per heavy atom. The van der Waals surface area contributed by atoms with Crippen molar-refractivity contribution in [1.82, 2.24) is 4.98 Å². The molecule has 0 unspecified atom stereocenters. The van der Waals surface area contributed by atoms with Crippen LogP contribution in [0.15, 0.2) is 12.4 Å². The van der Waals surface area contributed by atoms with Gasteiger partial charge in [-0.25, -0.2) is 0 Å². The quantitative estimate of drug-likeness (QED) is 0.554. The summed E-state index contributed by atoms with van der Waals surface area (Å²) in [5, 5.41) is 7.18. The molecule has 1 rings (SSSR count). The summed E-state index contributed by atoms with van der Waals surface area (Å²) in [6.07, 6.45) is 10.6.